The lowest BCUT2D eigenvalue weighted by Gasteiger charge is -1.99. The van der Waals surface area contributed by atoms with Crippen LogP contribution in [0.4, 0.5) is 4.39 Å². The van der Waals surface area contributed by atoms with Crippen molar-refractivity contribution in [3.63, 3.8) is 0 Å². The highest BCUT2D eigenvalue weighted by Gasteiger charge is 2.18. The van der Waals surface area contributed by atoms with Crippen molar-refractivity contribution in [2.24, 2.45) is 0 Å². The minimum Gasteiger partial charge on any atom is -0.460 e. The van der Waals surface area contributed by atoms with Crippen LogP contribution >= 0.6 is 0 Å². The number of carbonyl (C=O) groups excluding carboxylic acids is 2. The van der Waals surface area contributed by atoms with Gasteiger partial charge in [0.1, 0.15) is 5.69 Å². The standard InChI is InChI=1S/C9H8FNO3/c1-2-14-9(13)8(12)6-4-3-5-7(10)11-6/h3-5H,2H2,1H3. The summed E-state index contributed by atoms with van der Waals surface area (Å²) in [6, 6.07) is 3.64. The summed E-state index contributed by atoms with van der Waals surface area (Å²) < 4.78 is 17.0. The van der Waals surface area contributed by atoms with Crippen molar-refractivity contribution in [3.8, 4) is 0 Å². The molecule has 0 N–H and O–H groups in total. The number of carbonyl (C=O) groups is 2. The van der Waals surface area contributed by atoms with E-state index in [4.69, 9.17) is 0 Å². The average Bonchev–Trinajstić information content (AvgIpc) is 2.17. The van der Waals surface area contributed by atoms with Crippen LogP contribution in [0.1, 0.15) is 17.4 Å². The fourth-order valence-electron chi connectivity index (χ4n) is 0.836. The van der Waals surface area contributed by atoms with Gasteiger partial charge in [0.15, 0.2) is 0 Å². The van der Waals surface area contributed by atoms with Gasteiger partial charge in [-0.15, -0.1) is 0 Å². The van der Waals surface area contributed by atoms with Crippen LogP contribution in [0.5, 0.6) is 0 Å². The number of hydrogen-bond donors (Lipinski definition) is 0. The SMILES string of the molecule is CCOC(=O)C(=O)c1cccc(F)n1. The molecule has 0 spiro atoms. The van der Waals surface area contributed by atoms with Crippen molar-refractivity contribution >= 4 is 11.8 Å². The number of ketones is 1. The monoisotopic (exact) mass is 197 g/mol. The van der Waals surface area contributed by atoms with E-state index in [0.29, 0.717) is 0 Å². The highest BCUT2D eigenvalue weighted by atomic mass is 19.1. The van der Waals surface area contributed by atoms with E-state index in [-0.39, 0.29) is 12.3 Å². The topological polar surface area (TPSA) is 56.3 Å². The Morgan fingerprint density at radius 2 is 2.21 bits per heavy atom. The zero-order chi connectivity index (χ0) is 10.6. The van der Waals surface area contributed by atoms with Gasteiger partial charge in [-0.25, -0.2) is 9.78 Å². The molecule has 0 unspecified atom stereocenters. The molecular formula is C9H8FNO3. The van der Waals surface area contributed by atoms with E-state index in [1.807, 2.05) is 0 Å². The molecular weight excluding hydrogens is 189 g/mol. The zero-order valence-corrected chi connectivity index (χ0v) is 7.49. The average molecular weight is 197 g/mol. The lowest BCUT2D eigenvalue weighted by Crippen LogP contribution is -2.18. The van der Waals surface area contributed by atoms with E-state index in [1.165, 1.54) is 12.1 Å². The number of hydrogen-bond acceptors (Lipinski definition) is 4. The van der Waals surface area contributed by atoms with Crippen molar-refractivity contribution in [2.45, 2.75) is 6.92 Å². The smallest absolute Gasteiger partial charge is 0.381 e. The number of rotatable bonds is 3. The Morgan fingerprint density at radius 3 is 2.79 bits per heavy atom. The van der Waals surface area contributed by atoms with Crippen molar-refractivity contribution in [2.75, 3.05) is 6.61 Å². The summed E-state index contributed by atoms with van der Waals surface area (Å²) in [6.45, 7) is 1.67. The second-order valence-corrected chi connectivity index (χ2v) is 2.40. The van der Waals surface area contributed by atoms with Crippen molar-refractivity contribution in [1.29, 1.82) is 0 Å². The van der Waals surface area contributed by atoms with Crippen LogP contribution in [0.15, 0.2) is 18.2 Å². The van der Waals surface area contributed by atoms with Gasteiger partial charge < -0.3 is 4.74 Å². The molecule has 14 heavy (non-hydrogen) atoms. The Labute approximate surface area is 79.7 Å². The van der Waals surface area contributed by atoms with Crippen LogP contribution in [0.2, 0.25) is 0 Å². The molecule has 5 heteroatoms. The molecule has 0 bridgehead atoms. The second-order valence-electron chi connectivity index (χ2n) is 2.40. The molecule has 1 heterocycles. The molecule has 0 aliphatic heterocycles. The minimum absolute atomic E-state index is 0.0971. The van der Waals surface area contributed by atoms with Crippen molar-refractivity contribution in [3.05, 3.63) is 29.8 Å². The number of pyridine rings is 1. The summed E-state index contributed by atoms with van der Waals surface area (Å²) in [5.41, 5.74) is -0.247. The first-order valence-corrected chi connectivity index (χ1v) is 3.99. The molecule has 1 rings (SSSR count). The van der Waals surface area contributed by atoms with Crippen LogP contribution < -0.4 is 0 Å². The van der Waals surface area contributed by atoms with E-state index in [2.05, 4.69) is 9.72 Å². The summed E-state index contributed by atoms with van der Waals surface area (Å²) in [6.07, 6.45) is 0. The van der Waals surface area contributed by atoms with Gasteiger partial charge in [0.2, 0.25) is 5.95 Å². The first kappa shape index (κ1) is 10.3. The van der Waals surface area contributed by atoms with Crippen LogP contribution in [0, 0.1) is 5.95 Å². The molecule has 1 aromatic heterocycles. The largest absolute Gasteiger partial charge is 0.460 e. The molecule has 0 saturated carbocycles. The third kappa shape index (κ3) is 2.35. The molecule has 74 valence electrons. The van der Waals surface area contributed by atoms with Gasteiger partial charge in [0.25, 0.3) is 5.78 Å². The maximum absolute atomic E-state index is 12.6. The van der Waals surface area contributed by atoms with E-state index in [0.717, 1.165) is 6.07 Å². The van der Waals surface area contributed by atoms with Gasteiger partial charge in [0, 0.05) is 0 Å². The zero-order valence-electron chi connectivity index (χ0n) is 7.49. The molecule has 0 aliphatic carbocycles. The number of Topliss-reactive ketones (excluding diaryl/α,β-unsaturated/α-hetero) is 1. The quantitative estimate of drug-likeness (QED) is 0.313. The van der Waals surface area contributed by atoms with Crippen LogP contribution in [0.3, 0.4) is 0 Å². The summed E-state index contributed by atoms with van der Waals surface area (Å²) in [4.78, 5) is 25.4. The van der Waals surface area contributed by atoms with E-state index >= 15 is 0 Å². The maximum atomic E-state index is 12.6. The summed E-state index contributed by atoms with van der Waals surface area (Å²) >= 11 is 0. The molecule has 0 saturated heterocycles. The summed E-state index contributed by atoms with van der Waals surface area (Å²) in [7, 11) is 0. The van der Waals surface area contributed by atoms with Gasteiger partial charge in [-0.05, 0) is 19.1 Å². The third-order valence-corrected chi connectivity index (χ3v) is 1.41. The van der Waals surface area contributed by atoms with Gasteiger partial charge in [-0.1, -0.05) is 6.07 Å². The number of esters is 1. The first-order valence-electron chi connectivity index (χ1n) is 3.99. The molecule has 0 fully saturated rings. The predicted molar refractivity (Wildman–Crippen MR) is 45.2 cm³/mol. The number of halogens is 1. The van der Waals surface area contributed by atoms with Crippen LogP contribution in [-0.4, -0.2) is 23.3 Å². The van der Waals surface area contributed by atoms with Crippen LogP contribution in [0.25, 0.3) is 0 Å². The number of nitrogens with zero attached hydrogens (tertiary/aromatic N) is 1. The Morgan fingerprint density at radius 1 is 1.50 bits per heavy atom. The van der Waals surface area contributed by atoms with Gasteiger partial charge in [-0.3, -0.25) is 4.79 Å². The van der Waals surface area contributed by atoms with E-state index < -0.39 is 17.7 Å². The van der Waals surface area contributed by atoms with E-state index in [1.54, 1.807) is 6.92 Å². The third-order valence-electron chi connectivity index (χ3n) is 1.41. The minimum atomic E-state index is -1.02. The van der Waals surface area contributed by atoms with Gasteiger partial charge in [-0.2, -0.15) is 4.39 Å². The maximum Gasteiger partial charge on any atom is 0.381 e. The summed E-state index contributed by atoms with van der Waals surface area (Å²) in [5, 5.41) is 0. The highest BCUT2D eigenvalue weighted by molar-refractivity contribution is 6.40. The van der Waals surface area contributed by atoms with Gasteiger partial charge >= 0.3 is 5.97 Å². The highest BCUT2D eigenvalue weighted by Crippen LogP contribution is 2.00. The lowest BCUT2D eigenvalue weighted by molar-refractivity contribution is -0.137. The predicted octanol–water partition coefficient (Wildman–Crippen LogP) is 0.967. The van der Waals surface area contributed by atoms with Crippen molar-refractivity contribution in [1.82, 2.24) is 4.98 Å². The second kappa shape index (κ2) is 4.45. The molecule has 4 nitrogen and oxygen atoms in total. The summed E-state index contributed by atoms with van der Waals surface area (Å²) in [5.74, 6) is -2.77. The Bertz CT molecular complexity index is 365. The molecule has 0 aliphatic rings. The van der Waals surface area contributed by atoms with Crippen molar-refractivity contribution < 1.29 is 18.7 Å². The van der Waals surface area contributed by atoms with E-state index in [9.17, 15) is 14.0 Å². The van der Waals surface area contributed by atoms with Gasteiger partial charge in [0.05, 0.1) is 6.61 Å². The fraction of sp³-hybridized carbons (Fsp3) is 0.222. The molecule has 1 aromatic rings. The molecule has 0 amide bonds. The number of ether oxygens (including phenoxy) is 1. The Balaban J connectivity index is 2.84. The Hall–Kier alpha value is -1.78. The molecule has 0 radical (unpaired) electrons. The molecule has 0 aromatic carbocycles. The fourth-order valence-corrected chi connectivity index (χ4v) is 0.836. The first-order chi connectivity index (χ1) is 6.65. The number of aromatic nitrogens is 1. The van der Waals surface area contributed by atoms with Crippen LogP contribution in [-0.2, 0) is 9.53 Å². The molecule has 0 atom stereocenters. The Kier molecular flexibility index (Phi) is 3.28. The normalized spacial score (nSPS) is 9.57. The lowest BCUT2D eigenvalue weighted by atomic mass is 10.2.